The maximum Gasteiger partial charge on any atom is 0.0642 e. The molecule has 0 bridgehead atoms. The average Bonchev–Trinajstić information content (AvgIpc) is 3.10. The van der Waals surface area contributed by atoms with Crippen LogP contribution in [0.15, 0.2) is 18.2 Å². The lowest BCUT2D eigenvalue weighted by Gasteiger charge is -2.30. The summed E-state index contributed by atoms with van der Waals surface area (Å²) in [5, 5.41) is 1.73. The number of halogens is 2. The fourth-order valence-corrected chi connectivity index (χ4v) is 2.69. The van der Waals surface area contributed by atoms with Gasteiger partial charge in [0, 0.05) is 17.9 Å². The van der Waals surface area contributed by atoms with Crippen molar-refractivity contribution >= 4 is 33.2 Å². The largest absolute Gasteiger partial charge is 0.368 e. The number of benzene rings is 1. The number of alkyl halides is 1. The predicted octanol–water partition coefficient (Wildman–Crippen LogP) is 4.86. The lowest BCUT2D eigenvalue weighted by Crippen LogP contribution is -2.32. The smallest absolute Gasteiger partial charge is 0.0642 e. The molecule has 1 saturated carbocycles. The second kappa shape index (κ2) is 5.62. The Hall–Kier alpha value is -0.210. The summed E-state index contributed by atoms with van der Waals surface area (Å²) < 4.78 is 0. The minimum absolute atomic E-state index is 0.503. The molecule has 1 fully saturated rings. The van der Waals surface area contributed by atoms with Crippen molar-refractivity contribution < 1.29 is 0 Å². The van der Waals surface area contributed by atoms with Gasteiger partial charge >= 0.3 is 0 Å². The van der Waals surface area contributed by atoms with Gasteiger partial charge in [0.25, 0.3) is 0 Å². The Morgan fingerprint density at radius 2 is 2.12 bits per heavy atom. The van der Waals surface area contributed by atoms with E-state index in [1.54, 1.807) is 0 Å². The van der Waals surface area contributed by atoms with Crippen LogP contribution in [-0.2, 0) is 5.33 Å². The summed E-state index contributed by atoms with van der Waals surface area (Å²) in [6.45, 7) is 5.61. The van der Waals surface area contributed by atoms with Crippen molar-refractivity contribution in [1.29, 1.82) is 0 Å². The molecule has 3 heteroatoms. The summed E-state index contributed by atoms with van der Waals surface area (Å²) in [6.07, 6.45) is 2.75. The van der Waals surface area contributed by atoms with Crippen molar-refractivity contribution in [2.24, 2.45) is 5.92 Å². The van der Waals surface area contributed by atoms with Gasteiger partial charge in [0.15, 0.2) is 0 Å². The van der Waals surface area contributed by atoms with Crippen LogP contribution in [0.3, 0.4) is 0 Å². The number of anilines is 1. The SMILES string of the molecule is CC(C)N(CC1CC1)c1ccc(CBr)cc1Cl. The summed E-state index contributed by atoms with van der Waals surface area (Å²) in [5.41, 5.74) is 2.41. The minimum Gasteiger partial charge on any atom is -0.368 e. The van der Waals surface area contributed by atoms with Crippen LogP contribution in [0.1, 0.15) is 32.3 Å². The maximum atomic E-state index is 6.39. The van der Waals surface area contributed by atoms with Crippen LogP contribution in [0.4, 0.5) is 5.69 Å². The Kier molecular flexibility index (Phi) is 4.37. The Bertz CT molecular complexity index is 388. The minimum atomic E-state index is 0.503. The van der Waals surface area contributed by atoms with E-state index in [-0.39, 0.29) is 0 Å². The maximum absolute atomic E-state index is 6.39. The molecule has 2 rings (SSSR count). The number of nitrogens with zero attached hydrogens (tertiary/aromatic N) is 1. The molecule has 0 aromatic heterocycles. The van der Waals surface area contributed by atoms with Gasteiger partial charge in [-0.3, -0.25) is 0 Å². The van der Waals surface area contributed by atoms with Crippen LogP contribution in [-0.4, -0.2) is 12.6 Å². The molecule has 0 unspecified atom stereocenters. The van der Waals surface area contributed by atoms with E-state index in [2.05, 4.69) is 52.9 Å². The quantitative estimate of drug-likeness (QED) is 0.701. The van der Waals surface area contributed by atoms with Crippen LogP contribution in [0.2, 0.25) is 5.02 Å². The van der Waals surface area contributed by atoms with Crippen molar-refractivity contribution in [2.45, 2.75) is 38.1 Å². The van der Waals surface area contributed by atoms with E-state index in [4.69, 9.17) is 11.6 Å². The van der Waals surface area contributed by atoms with Gasteiger partial charge in [-0.25, -0.2) is 0 Å². The first kappa shape index (κ1) is 13.2. The van der Waals surface area contributed by atoms with E-state index in [9.17, 15) is 0 Å². The van der Waals surface area contributed by atoms with E-state index in [0.29, 0.717) is 6.04 Å². The van der Waals surface area contributed by atoms with Crippen LogP contribution >= 0.6 is 27.5 Å². The molecule has 0 atom stereocenters. The van der Waals surface area contributed by atoms with E-state index in [1.807, 2.05) is 0 Å². The molecule has 1 aromatic carbocycles. The molecule has 17 heavy (non-hydrogen) atoms. The second-order valence-electron chi connectivity index (χ2n) is 5.11. The molecule has 0 radical (unpaired) electrons. The van der Waals surface area contributed by atoms with E-state index in [1.165, 1.54) is 24.1 Å². The van der Waals surface area contributed by atoms with Crippen molar-refractivity contribution in [2.75, 3.05) is 11.4 Å². The molecule has 0 saturated heterocycles. The molecular weight excluding hydrogens is 298 g/mol. The highest BCUT2D eigenvalue weighted by Gasteiger charge is 2.26. The normalized spacial score (nSPS) is 15.4. The molecule has 0 heterocycles. The lowest BCUT2D eigenvalue weighted by atomic mass is 10.1. The summed E-state index contributed by atoms with van der Waals surface area (Å²) >= 11 is 9.85. The highest BCUT2D eigenvalue weighted by Crippen LogP contribution is 2.35. The predicted molar refractivity (Wildman–Crippen MR) is 79.3 cm³/mol. The van der Waals surface area contributed by atoms with Crippen molar-refractivity contribution in [3.05, 3.63) is 28.8 Å². The molecule has 1 aliphatic carbocycles. The van der Waals surface area contributed by atoms with Gasteiger partial charge < -0.3 is 4.90 Å². The van der Waals surface area contributed by atoms with Crippen molar-refractivity contribution in [3.8, 4) is 0 Å². The zero-order chi connectivity index (χ0) is 12.4. The van der Waals surface area contributed by atoms with Crippen LogP contribution in [0.5, 0.6) is 0 Å². The third kappa shape index (κ3) is 3.38. The third-order valence-electron chi connectivity index (χ3n) is 3.25. The molecule has 0 amide bonds. The summed E-state index contributed by atoms with van der Waals surface area (Å²) in [5.74, 6) is 0.879. The number of hydrogen-bond donors (Lipinski definition) is 0. The molecule has 0 aliphatic heterocycles. The van der Waals surface area contributed by atoms with Crippen LogP contribution < -0.4 is 4.90 Å². The summed E-state index contributed by atoms with van der Waals surface area (Å²) in [6, 6.07) is 6.87. The Morgan fingerprint density at radius 3 is 2.59 bits per heavy atom. The fraction of sp³-hybridized carbons (Fsp3) is 0.571. The summed E-state index contributed by atoms with van der Waals surface area (Å²) in [7, 11) is 0. The van der Waals surface area contributed by atoms with Gasteiger partial charge in [-0.2, -0.15) is 0 Å². The topological polar surface area (TPSA) is 3.24 Å². The standard InChI is InChI=1S/C14H19BrClN/c1-10(2)17(9-11-3-4-11)14-6-5-12(8-15)7-13(14)16/h5-7,10-11H,3-4,8-9H2,1-2H3. The molecule has 94 valence electrons. The first-order chi connectivity index (χ1) is 8.11. The van der Waals surface area contributed by atoms with Gasteiger partial charge in [0.1, 0.15) is 0 Å². The van der Waals surface area contributed by atoms with Crippen LogP contribution in [0.25, 0.3) is 0 Å². The Balaban J connectivity index is 2.21. The first-order valence-electron chi connectivity index (χ1n) is 6.23. The second-order valence-corrected chi connectivity index (χ2v) is 6.08. The van der Waals surface area contributed by atoms with Gasteiger partial charge in [-0.15, -0.1) is 0 Å². The molecule has 1 aliphatic rings. The highest BCUT2D eigenvalue weighted by atomic mass is 79.9. The first-order valence-corrected chi connectivity index (χ1v) is 7.72. The summed E-state index contributed by atoms with van der Waals surface area (Å²) in [4.78, 5) is 2.43. The van der Waals surface area contributed by atoms with Crippen molar-refractivity contribution in [3.63, 3.8) is 0 Å². The monoisotopic (exact) mass is 315 g/mol. The molecule has 1 nitrogen and oxygen atoms in total. The zero-order valence-corrected chi connectivity index (χ0v) is 12.8. The van der Waals surface area contributed by atoms with Gasteiger partial charge in [-0.1, -0.05) is 33.6 Å². The molecular formula is C14H19BrClN. The Morgan fingerprint density at radius 1 is 1.41 bits per heavy atom. The molecule has 0 N–H and O–H groups in total. The van der Waals surface area contributed by atoms with Gasteiger partial charge in [0.05, 0.1) is 10.7 Å². The Labute approximate surface area is 117 Å². The van der Waals surface area contributed by atoms with E-state index < -0.39 is 0 Å². The molecule has 1 aromatic rings. The van der Waals surface area contributed by atoms with Crippen molar-refractivity contribution in [1.82, 2.24) is 0 Å². The third-order valence-corrected chi connectivity index (χ3v) is 4.20. The van der Waals surface area contributed by atoms with E-state index in [0.717, 1.165) is 22.8 Å². The van der Waals surface area contributed by atoms with E-state index >= 15 is 0 Å². The van der Waals surface area contributed by atoms with Crippen LogP contribution in [0, 0.1) is 5.92 Å². The van der Waals surface area contributed by atoms with Gasteiger partial charge in [0.2, 0.25) is 0 Å². The number of hydrogen-bond acceptors (Lipinski definition) is 1. The average molecular weight is 317 g/mol. The number of rotatable bonds is 5. The zero-order valence-electron chi connectivity index (χ0n) is 10.4. The fourth-order valence-electron chi connectivity index (χ4n) is 2.03. The molecule has 0 spiro atoms. The van der Waals surface area contributed by atoms with Gasteiger partial charge in [-0.05, 0) is 50.3 Å². The highest BCUT2D eigenvalue weighted by molar-refractivity contribution is 9.08. The lowest BCUT2D eigenvalue weighted by molar-refractivity contribution is 0.645.